The topological polar surface area (TPSA) is 34.1 Å². The summed E-state index contributed by atoms with van der Waals surface area (Å²) in [5.41, 5.74) is 0. The van der Waals surface area contributed by atoms with Crippen LogP contribution in [0.2, 0.25) is 0 Å². The summed E-state index contributed by atoms with van der Waals surface area (Å²) in [5.74, 6) is 1.73. The van der Waals surface area contributed by atoms with E-state index in [9.17, 15) is 0 Å². The highest BCUT2D eigenvalue weighted by molar-refractivity contribution is 5.37. The van der Waals surface area contributed by atoms with E-state index in [1.165, 1.54) is 38.5 Å². The third-order valence-corrected chi connectivity index (χ3v) is 2.81. The first-order valence-corrected chi connectivity index (χ1v) is 6.60. The fraction of sp³-hybridized carbons (Fsp3) is 0.643. The van der Waals surface area contributed by atoms with Gasteiger partial charge in [0.25, 0.3) is 0 Å². The first-order valence-electron chi connectivity index (χ1n) is 6.60. The van der Waals surface area contributed by atoms with Gasteiger partial charge in [0.15, 0.2) is 0 Å². The number of hydrogen-bond donors (Lipinski definition) is 1. The molecule has 0 unspecified atom stereocenters. The lowest BCUT2D eigenvalue weighted by molar-refractivity contribution is 0.413. The zero-order chi connectivity index (χ0) is 12.3. The second kappa shape index (κ2) is 8.85. The fourth-order valence-electron chi connectivity index (χ4n) is 1.73. The smallest absolute Gasteiger partial charge is 0.137 e. The summed E-state index contributed by atoms with van der Waals surface area (Å²) in [6.45, 7) is 3.25. The molecule has 17 heavy (non-hydrogen) atoms. The maximum Gasteiger partial charge on any atom is 0.137 e. The molecule has 1 N–H and O–H groups in total. The average Bonchev–Trinajstić information content (AvgIpc) is 2.38. The van der Waals surface area contributed by atoms with Crippen LogP contribution in [0.15, 0.2) is 18.3 Å². The van der Waals surface area contributed by atoms with E-state index in [2.05, 4.69) is 17.2 Å². The van der Waals surface area contributed by atoms with Gasteiger partial charge in [-0.15, -0.1) is 0 Å². The quantitative estimate of drug-likeness (QED) is 0.661. The standard InChI is InChI=1S/C14H24N2O/c1-3-4-5-6-7-8-11-15-14-10-9-13(17-2)12-16-14/h9-10,12H,3-8,11H2,1-2H3,(H,15,16). The molecule has 0 amide bonds. The van der Waals surface area contributed by atoms with Gasteiger partial charge in [-0.25, -0.2) is 4.98 Å². The number of nitrogens with one attached hydrogen (secondary N) is 1. The molecule has 0 aromatic carbocycles. The molecule has 0 aliphatic heterocycles. The molecule has 0 fully saturated rings. The number of rotatable bonds is 9. The molecule has 0 bridgehead atoms. The largest absolute Gasteiger partial charge is 0.495 e. The van der Waals surface area contributed by atoms with Gasteiger partial charge < -0.3 is 10.1 Å². The van der Waals surface area contributed by atoms with E-state index < -0.39 is 0 Å². The zero-order valence-electron chi connectivity index (χ0n) is 11.0. The Hall–Kier alpha value is -1.25. The number of anilines is 1. The van der Waals surface area contributed by atoms with Gasteiger partial charge >= 0.3 is 0 Å². The van der Waals surface area contributed by atoms with E-state index in [1.54, 1.807) is 13.3 Å². The van der Waals surface area contributed by atoms with Crippen molar-refractivity contribution >= 4 is 5.82 Å². The van der Waals surface area contributed by atoms with Crippen molar-refractivity contribution in [3.05, 3.63) is 18.3 Å². The number of nitrogens with zero attached hydrogens (tertiary/aromatic N) is 1. The maximum atomic E-state index is 5.06. The SMILES string of the molecule is CCCCCCCCNc1ccc(OC)cn1. The molecule has 0 saturated heterocycles. The van der Waals surface area contributed by atoms with Crippen LogP contribution in [0, 0.1) is 0 Å². The van der Waals surface area contributed by atoms with Crippen LogP contribution in [-0.2, 0) is 0 Å². The Morgan fingerprint density at radius 2 is 1.88 bits per heavy atom. The predicted octanol–water partition coefficient (Wildman–Crippen LogP) is 3.86. The van der Waals surface area contributed by atoms with Crippen molar-refractivity contribution < 1.29 is 4.74 Å². The van der Waals surface area contributed by atoms with E-state index in [0.29, 0.717) is 0 Å². The molecule has 0 saturated carbocycles. The lowest BCUT2D eigenvalue weighted by Crippen LogP contribution is -2.03. The summed E-state index contributed by atoms with van der Waals surface area (Å²) in [4.78, 5) is 4.26. The van der Waals surface area contributed by atoms with Crippen molar-refractivity contribution in [1.82, 2.24) is 4.98 Å². The molecule has 96 valence electrons. The van der Waals surface area contributed by atoms with Crippen LogP contribution in [0.25, 0.3) is 0 Å². The highest BCUT2D eigenvalue weighted by Crippen LogP contribution is 2.11. The molecular formula is C14H24N2O. The number of hydrogen-bond acceptors (Lipinski definition) is 3. The van der Waals surface area contributed by atoms with Gasteiger partial charge in [0.05, 0.1) is 13.3 Å². The zero-order valence-corrected chi connectivity index (χ0v) is 11.0. The first kappa shape index (κ1) is 13.8. The third-order valence-electron chi connectivity index (χ3n) is 2.81. The van der Waals surface area contributed by atoms with E-state index in [-0.39, 0.29) is 0 Å². The first-order chi connectivity index (χ1) is 8.36. The molecule has 0 aliphatic rings. The van der Waals surface area contributed by atoms with Crippen LogP contribution in [0.4, 0.5) is 5.82 Å². The van der Waals surface area contributed by atoms with E-state index in [1.807, 2.05) is 12.1 Å². The minimum Gasteiger partial charge on any atom is -0.495 e. The van der Waals surface area contributed by atoms with Gasteiger partial charge in [-0.2, -0.15) is 0 Å². The Balaban J connectivity index is 2.05. The summed E-state index contributed by atoms with van der Waals surface area (Å²) in [5, 5.41) is 3.32. The maximum absolute atomic E-state index is 5.06. The average molecular weight is 236 g/mol. The lowest BCUT2D eigenvalue weighted by Gasteiger charge is -2.06. The number of ether oxygens (including phenoxy) is 1. The summed E-state index contributed by atoms with van der Waals surface area (Å²) in [7, 11) is 1.65. The predicted molar refractivity (Wildman–Crippen MR) is 72.7 cm³/mol. The van der Waals surface area contributed by atoms with Crippen LogP contribution >= 0.6 is 0 Å². The van der Waals surface area contributed by atoms with Crippen LogP contribution < -0.4 is 10.1 Å². The molecule has 0 atom stereocenters. The van der Waals surface area contributed by atoms with Gasteiger partial charge in [-0.1, -0.05) is 39.0 Å². The highest BCUT2D eigenvalue weighted by atomic mass is 16.5. The minimum atomic E-state index is 0.801. The summed E-state index contributed by atoms with van der Waals surface area (Å²) in [6.07, 6.45) is 9.68. The fourth-order valence-corrected chi connectivity index (χ4v) is 1.73. The van der Waals surface area contributed by atoms with Gasteiger partial charge in [0.2, 0.25) is 0 Å². The van der Waals surface area contributed by atoms with Gasteiger partial charge in [0, 0.05) is 6.54 Å². The van der Waals surface area contributed by atoms with Crippen molar-refractivity contribution in [3.63, 3.8) is 0 Å². The Morgan fingerprint density at radius 1 is 1.12 bits per heavy atom. The molecule has 0 spiro atoms. The summed E-state index contributed by atoms with van der Waals surface area (Å²) in [6, 6.07) is 3.88. The summed E-state index contributed by atoms with van der Waals surface area (Å²) < 4.78 is 5.06. The van der Waals surface area contributed by atoms with Crippen LogP contribution in [0.1, 0.15) is 45.4 Å². The monoisotopic (exact) mass is 236 g/mol. The second-order valence-electron chi connectivity index (χ2n) is 4.28. The second-order valence-corrected chi connectivity index (χ2v) is 4.28. The van der Waals surface area contributed by atoms with E-state index in [0.717, 1.165) is 18.1 Å². The summed E-state index contributed by atoms with van der Waals surface area (Å²) >= 11 is 0. The Bertz CT molecular complexity index is 285. The third kappa shape index (κ3) is 6.15. The van der Waals surface area contributed by atoms with Gasteiger partial charge in [0.1, 0.15) is 11.6 Å². The Morgan fingerprint density at radius 3 is 2.53 bits per heavy atom. The molecule has 0 aliphatic carbocycles. The molecule has 1 heterocycles. The van der Waals surface area contributed by atoms with Gasteiger partial charge in [-0.3, -0.25) is 0 Å². The Labute approximate surface area is 105 Å². The minimum absolute atomic E-state index is 0.801. The number of pyridine rings is 1. The molecule has 1 aromatic heterocycles. The van der Waals surface area contributed by atoms with Crippen LogP contribution in [0.5, 0.6) is 5.75 Å². The van der Waals surface area contributed by atoms with E-state index in [4.69, 9.17) is 4.74 Å². The molecule has 3 heteroatoms. The van der Waals surface area contributed by atoms with Crippen molar-refractivity contribution in [2.75, 3.05) is 19.0 Å². The van der Waals surface area contributed by atoms with Gasteiger partial charge in [-0.05, 0) is 18.6 Å². The number of aromatic nitrogens is 1. The Kier molecular flexibility index (Phi) is 7.19. The number of unbranched alkanes of at least 4 members (excludes halogenated alkanes) is 5. The van der Waals surface area contributed by atoms with Crippen molar-refractivity contribution in [2.24, 2.45) is 0 Å². The molecule has 3 nitrogen and oxygen atoms in total. The molecule has 1 rings (SSSR count). The van der Waals surface area contributed by atoms with Crippen LogP contribution in [-0.4, -0.2) is 18.6 Å². The highest BCUT2D eigenvalue weighted by Gasteiger charge is 1.95. The van der Waals surface area contributed by atoms with Crippen LogP contribution in [0.3, 0.4) is 0 Å². The van der Waals surface area contributed by atoms with Crippen molar-refractivity contribution in [1.29, 1.82) is 0 Å². The van der Waals surface area contributed by atoms with E-state index >= 15 is 0 Å². The van der Waals surface area contributed by atoms with Crippen molar-refractivity contribution in [2.45, 2.75) is 45.4 Å². The normalized spacial score (nSPS) is 10.2. The number of methoxy groups -OCH3 is 1. The van der Waals surface area contributed by atoms with Crippen molar-refractivity contribution in [3.8, 4) is 5.75 Å². The lowest BCUT2D eigenvalue weighted by atomic mass is 10.1. The molecule has 1 aromatic rings. The molecule has 0 radical (unpaired) electrons. The molecular weight excluding hydrogens is 212 g/mol.